The first-order valence-corrected chi connectivity index (χ1v) is 8.43. The number of carbonyl (C=O) groups excluding carboxylic acids is 2. The number of rotatable bonds is 6. The lowest BCUT2D eigenvalue weighted by Crippen LogP contribution is -2.52. The Morgan fingerprint density at radius 1 is 1.26 bits per heavy atom. The van der Waals surface area contributed by atoms with E-state index in [0.29, 0.717) is 29.4 Å². The van der Waals surface area contributed by atoms with E-state index >= 15 is 0 Å². The predicted molar refractivity (Wildman–Crippen MR) is 95.4 cm³/mol. The number of methoxy groups -OCH3 is 2. The number of nitrogens with zero attached hydrogens (tertiary/aromatic N) is 1. The van der Waals surface area contributed by atoms with Gasteiger partial charge in [0, 0.05) is 7.05 Å². The number of nitrogens with one attached hydrogen (secondary N) is 1. The molecule has 1 fully saturated rings. The molecular formula is C19H22N2O6. The molecule has 1 aliphatic heterocycles. The van der Waals surface area contributed by atoms with Gasteiger partial charge in [0.15, 0.2) is 17.6 Å². The van der Waals surface area contributed by atoms with Gasteiger partial charge >= 0.3 is 0 Å². The van der Waals surface area contributed by atoms with Gasteiger partial charge in [-0.1, -0.05) is 6.07 Å². The Morgan fingerprint density at radius 2 is 2.04 bits per heavy atom. The molecule has 1 saturated heterocycles. The van der Waals surface area contributed by atoms with E-state index in [-0.39, 0.29) is 18.4 Å². The fourth-order valence-corrected chi connectivity index (χ4v) is 3.00. The zero-order valence-corrected chi connectivity index (χ0v) is 15.4. The molecule has 1 aliphatic rings. The SMILES string of the molecule is COc1ccc([C@H]2NC(=O)CO[C@@H]2C(=O)N(C)Cc2ccco2)cc1OC. The smallest absolute Gasteiger partial charge is 0.254 e. The van der Waals surface area contributed by atoms with Crippen LogP contribution in [0.25, 0.3) is 0 Å². The van der Waals surface area contributed by atoms with Crippen LogP contribution in [-0.2, 0) is 20.9 Å². The quantitative estimate of drug-likeness (QED) is 0.824. The summed E-state index contributed by atoms with van der Waals surface area (Å²) in [5.74, 6) is 1.18. The Bertz CT molecular complexity index is 805. The van der Waals surface area contributed by atoms with Gasteiger partial charge in [-0.2, -0.15) is 0 Å². The van der Waals surface area contributed by atoms with Crippen molar-refractivity contribution in [3.05, 3.63) is 47.9 Å². The van der Waals surface area contributed by atoms with Gasteiger partial charge in [-0.3, -0.25) is 9.59 Å². The fourth-order valence-electron chi connectivity index (χ4n) is 3.00. The van der Waals surface area contributed by atoms with Gasteiger partial charge in [0.2, 0.25) is 5.91 Å². The van der Waals surface area contributed by atoms with Gasteiger partial charge in [-0.05, 0) is 29.8 Å². The highest BCUT2D eigenvalue weighted by atomic mass is 16.5. The van der Waals surface area contributed by atoms with Gasteiger partial charge < -0.3 is 28.8 Å². The van der Waals surface area contributed by atoms with Crippen LogP contribution in [0, 0.1) is 0 Å². The predicted octanol–water partition coefficient (Wildman–Crippen LogP) is 1.51. The van der Waals surface area contributed by atoms with Crippen molar-refractivity contribution in [1.82, 2.24) is 10.2 Å². The van der Waals surface area contributed by atoms with Crippen molar-refractivity contribution in [2.75, 3.05) is 27.9 Å². The summed E-state index contributed by atoms with van der Waals surface area (Å²) in [6.45, 7) is 0.132. The molecule has 2 atom stereocenters. The molecule has 27 heavy (non-hydrogen) atoms. The van der Waals surface area contributed by atoms with Crippen molar-refractivity contribution in [3.63, 3.8) is 0 Å². The molecular weight excluding hydrogens is 352 g/mol. The first-order chi connectivity index (χ1) is 13.0. The van der Waals surface area contributed by atoms with Gasteiger partial charge in [0.1, 0.15) is 12.4 Å². The maximum Gasteiger partial charge on any atom is 0.254 e. The van der Waals surface area contributed by atoms with Crippen LogP contribution in [0.1, 0.15) is 17.4 Å². The number of hydrogen-bond acceptors (Lipinski definition) is 6. The Morgan fingerprint density at radius 3 is 2.70 bits per heavy atom. The Labute approximate surface area is 157 Å². The summed E-state index contributed by atoms with van der Waals surface area (Å²) in [5.41, 5.74) is 0.686. The van der Waals surface area contributed by atoms with Crippen molar-refractivity contribution in [2.45, 2.75) is 18.7 Å². The van der Waals surface area contributed by atoms with Crippen molar-refractivity contribution in [2.24, 2.45) is 0 Å². The first kappa shape index (κ1) is 18.8. The summed E-state index contributed by atoms with van der Waals surface area (Å²) in [6.07, 6.45) is 0.693. The van der Waals surface area contributed by atoms with E-state index in [1.165, 1.54) is 12.0 Å². The standard InChI is InChI=1S/C19H22N2O6/c1-21(10-13-5-4-8-26-13)19(23)18-17(20-16(22)11-27-18)12-6-7-14(24-2)15(9-12)25-3/h4-9,17-18H,10-11H2,1-3H3,(H,20,22)/t17-,18+/m1/s1. The van der Waals surface area contributed by atoms with Gasteiger partial charge in [0.05, 0.1) is 33.1 Å². The maximum atomic E-state index is 12.9. The molecule has 144 valence electrons. The minimum atomic E-state index is -0.860. The molecule has 1 aromatic heterocycles. The van der Waals surface area contributed by atoms with E-state index in [1.54, 1.807) is 50.8 Å². The molecule has 0 radical (unpaired) electrons. The number of carbonyl (C=O) groups is 2. The number of hydrogen-bond donors (Lipinski definition) is 1. The van der Waals surface area contributed by atoms with Crippen molar-refractivity contribution >= 4 is 11.8 Å². The summed E-state index contributed by atoms with van der Waals surface area (Å²) < 4.78 is 21.4. The van der Waals surface area contributed by atoms with E-state index in [9.17, 15) is 9.59 Å². The van der Waals surface area contributed by atoms with Crippen LogP contribution in [0.4, 0.5) is 0 Å². The minimum absolute atomic E-state index is 0.172. The summed E-state index contributed by atoms with van der Waals surface area (Å²) in [4.78, 5) is 26.3. The monoisotopic (exact) mass is 374 g/mol. The molecule has 0 aliphatic carbocycles. The third-order valence-electron chi connectivity index (χ3n) is 4.37. The fraction of sp³-hybridized carbons (Fsp3) is 0.368. The van der Waals surface area contributed by atoms with Crippen LogP contribution >= 0.6 is 0 Å². The Kier molecular flexibility index (Phi) is 5.66. The zero-order chi connectivity index (χ0) is 19.4. The number of morpholine rings is 1. The topological polar surface area (TPSA) is 90.2 Å². The molecule has 8 heteroatoms. The highest BCUT2D eigenvalue weighted by molar-refractivity contribution is 5.86. The minimum Gasteiger partial charge on any atom is -0.493 e. The number of amides is 2. The van der Waals surface area contributed by atoms with E-state index < -0.39 is 12.1 Å². The van der Waals surface area contributed by atoms with Crippen molar-refractivity contribution in [3.8, 4) is 11.5 Å². The Hall–Kier alpha value is -3.00. The van der Waals surface area contributed by atoms with Crippen LogP contribution in [0.2, 0.25) is 0 Å². The molecule has 8 nitrogen and oxygen atoms in total. The summed E-state index contributed by atoms with van der Waals surface area (Å²) >= 11 is 0. The second-order valence-electron chi connectivity index (χ2n) is 6.16. The van der Waals surface area contributed by atoms with Crippen LogP contribution in [0.5, 0.6) is 11.5 Å². The highest BCUT2D eigenvalue weighted by Crippen LogP contribution is 2.32. The average Bonchev–Trinajstić information content (AvgIpc) is 3.19. The number of ether oxygens (including phenoxy) is 3. The lowest BCUT2D eigenvalue weighted by atomic mass is 9.98. The van der Waals surface area contributed by atoms with Crippen LogP contribution in [0.3, 0.4) is 0 Å². The van der Waals surface area contributed by atoms with Crippen LogP contribution in [-0.4, -0.2) is 50.7 Å². The third-order valence-corrected chi connectivity index (χ3v) is 4.37. The lowest BCUT2D eigenvalue weighted by molar-refractivity contribution is -0.154. The second-order valence-corrected chi connectivity index (χ2v) is 6.16. The summed E-state index contributed by atoms with van der Waals surface area (Å²) in [5, 5.41) is 2.83. The molecule has 0 bridgehead atoms. The number of benzene rings is 1. The lowest BCUT2D eigenvalue weighted by Gasteiger charge is -2.34. The number of likely N-dealkylation sites (N-methyl/N-ethyl adjacent to an activating group) is 1. The summed E-state index contributed by atoms with van der Waals surface area (Å²) in [7, 11) is 4.73. The highest BCUT2D eigenvalue weighted by Gasteiger charge is 2.38. The van der Waals surface area contributed by atoms with Gasteiger partial charge in [-0.25, -0.2) is 0 Å². The molecule has 0 saturated carbocycles. The van der Waals surface area contributed by atoms with Crippen molar-refractivity contribution in [1.29, 1.82) is 0 Å². The van der Waals surface area contributed by atoms with Crippen LogP contribution in [0.15, 0.2) is 41.0 Å². The first-order valence-electron chi connectivity index (χ1n) is 8.43. The zero-order valence-electron chi connectivity index (χ0n) is 15.4. The molecule has 1 aromatic carbocycles. The molecule has 1 N–H and O–H groups in total. The normalized spacial score (nSPS) is 19.3. The molecule has 0 spiro atoms. The van der Waals surface area contributed by atoms with Gasteiger partial charge in [-0.15, -0.1) is 0 Å². The number of furan rings is 1. The van der Waals surface area contributed by atoms with E-state index in [2.05, 4.69) is 5.32 Å². The van der Waals surface area contributed by atoms with E-state index in [0.717, 1.165) is 0 Å². The molecule has 3 rings (SSSR count). The van der Waals surface area contributed by atoms with Crippen LogP contribution < -0.4 is 14.8 Å². The van der Waals surface area contributed by atoms with E-state index in [4.69, 9.17) is 18.6 Å². The van der Waals surface area contributed by atoms with Crippen molar-refractivity contribution < 1.29 is 28.2 Å². The molecule has 2 heterocycles. The second kappa shape index (κ2) is 8.13. The largest absolute Gasteiger partial charge is 0.493 e. The summed E-state index contributed by atoms with van der Waals surface area (Å²) in [6, 6.07) is 8.14. The Balaban J connectivity index is 1.84. The van der Waals surface area contributed by atoms with E-state index in [1.807, 2.05) is 0 Å². The van der Waals surface area contributed by atoms with Gasteiger partial charge in [0.25, 0.3) is 5.91 Å². The third kappa shape index (κ3) is 4.06. The molecule has 2 amide bonds. The maximum absolute atomic E-state index is 12.9. The molecule has 2 aromatic rings. The molecule has 0 unspecified atom stereocenters. The average molecular weight is 374 g/mol.